The second-order valence-electron chi connectivity index (χ2n) is 6.68. The van der Waals surface area contributed by atoms with Crippen LogP contribution in [0.25, 0.3) is 10.2 Å². The van der Waals surface area contributed by atoms with E-state index in [0.717, 1.165) is 5.56 Å². The fraction of sp³-hybridized carbons (Fsp3) is 0.333. The van der Waals surface area contributed by atoms with Crippen molar-refractivity contribution in [3.63, 3.8) is 0 Å². The van der Waals surface area contributed by atoms with Crippen molar-refractivity contribution < 1.29 is 23.8 Å². The second kappa shape index (κ2) is 10.0. The summed E-state index contributed by atoms with van der Waals surface area (Å²) < 4.78 is 15.3. The van der Waals surface area contributed by atoms with Gasteiger partial charge in [-0.15, -0.1) is 11.3 Å². The van der Waals surface area contributed by atoms with E-state index in [-0.39, 0.29) is 18.9 Å². The molecule has 2 heterocycles. The SMILES string of the molecule is COCc1nc(OC)c2c(C)c(C(=O)NC(CC(=O)OC)c3ccc(Cl)cc3)sc2n1. The van der Waals surface area contributed by atoms with Crippen LogP contribution in [0.1, 0.15) is 39.1 Å². The first-order chi connectivity index (χ1) is 14.9. The van der Waals surface area contributed by atoms with Gasteiger partial charge in [0.15, 0.2) is 5.82 Å². The minimum absolute atomic E-state index is 0.0189. The smallest absolute Gasteiger partial charge is 0.307 e. The summed E-state index contributed by atoms with van der Waals surface area (Å²) >= 11 is 7.20. The second-order valence-corrected chi connectivity index (χ2v) is 8.11. The highest BCUT2D eigenvalue weighted by atomic mass is 35.5. The number of fused-ring (bicyclic) bond motifs is 1. The van der Waals surface area contributed by atoms with Crippen LogP contribution in [-0.4, -0.2) is 43.2 Å². The molecule has 1 atom stereocenters. The van der Waals surface area contributed by atoms with Crippen LogP contribution in [0.15, 0.2) is 24.3 Å². The van der Waals surface area contributed by atoms with Crippen molar-refractivity contribution in [3.05, 3.63) is 51.1 Å². The van der Waals surface area contributed by atoms with Crippen LogP contribution in [0.5, 0.6) is 5.88 Å². The van der Waals surface area contributed by atoms with E-state index in [1.807, 2.05) is 6.92 Å². The number of hydrogen-bond donors (Lipinski definition) is 1. The number of esters is 1. The van der Waals surface area contributed by atoms with Gasteiger partial charge in [-0.1, -0.05) is 23.7 Å². The van der Waals surface area contributed by atoms with E-state index < -0.39 is 12.0 Å². The molecule has 0 aliphatic heterocycles. The summed E-state index contributed by atoms with van der Waals surface area (Å²) in [7, 11) is 4.38. The number of carbonyl (C=O) groups excluding carboxylic acids is 2. The third-order valence-corrected chi connectivity index (χ3v) is 6.09. The van der Waals surface area contributed by atoms with Crippen molar-refractivity contribution in [1.82, 2.24) is 15.3 Å². The highest BCUT2D eigenvalue weighted by molar-refractivity contribution is 7.20. The van der Waals surface area contributed by atoms with Gasteiger partial charge in [-0.2, -0.15) is 4.98 Å². The number of halogens is 1. The summed E-state index contributed by atoms with van der Waals surface area (Å²) in [6.45, 7) is 2.04. The van der Waals surface area contributed by atoms with Crippen LogP contribution in [0.3, 0.4) is 0 Å². The molecule has 0 aliphatic rings. The number of thiophene rings is 1. The Morgan fingerprint density at radius 2 is 1.87 bits per heavy atom. The molecule has 8 nitrogen and oxygen atoms in total. The van der Waals surface area contributed by atoms with Crippen LogP contribution in [0.2, 0.25) is 5.02 Å². The molecule has 0 aliphatic carbocycles. The third-order valence-electron chi connectivity index (χ3n) is 4.65. The Morgan fingerprint density at radius 3 is 2.48 bits per heavy atom. The molecule has 0 fully saturated rings. The van der Waals surface area contributed by atoms with Crippen molar-refractivity contribution in [1.29, 1.82) is 0 Å². The summed E-state index contributed by atoms with van der Waals surface area (Å²) in [5.74, 6) is 0.0724. The van der Waals surface area contributed by atoms with Gasteiger partial charge in [0.05, 0.1) is 36.9 Å². The van der Waals surface area contributed by atoms with E-state index in [9.17, 15) is 9.59 Å². The van der Waals surface area contributed by atoms with Crippen LogP contribution in [0, 0.1) is 6.92 Å². The van der Waals surface area contributed by atoms with Crippen LogP contribution < -0.4 is 10.1 Å². The number of hydrogen-bond acceptors (Lipinski definition) is 8. The topological polar surface area (TPSA) is 99.6 Å². The van der Waals surface area contributed by atoms with Gasteiger partial charge in [0.1, 0.15) is 11.4 Å². The predicted octanol–water partition coefficient (Wildman–Crippen LogP) is 3.84. The van der Waals surface area contributed by atoms with Crippen molar-refractivity contribution in [2.75, 3.05) is 21.3 Å². The molecule has 1 unspecified atom stereocenters. The zero-order valence-electron chi connectivity index (χ0n) is 17.5. The first-order valence-electron chi connectivity index (χ1n) is 9.34. The number of methoxy groups -OCH3 is 3. The van der Waals surface area contributed by atoms with Gasteiger partial charge in [0.2, 0.25) is 5.88 Å². The first-order valence-corrected chi connectivity index (χ1v) is 10.5. The molecule has 2 aromatic heterocycles. The Labute approximate surface area is 188 Å². The predicted molar refractivity (Wildman–Crippen MR) is 118 cm³/mol. The summed E-state index contributed by atoms with van der Waals surface area (Å²) in [5, 5.41) is 4.16. The minimum Gasteiger partial charge on any atom is -0.480 e. The van der Waals surface area contributed by atoms with Gasteiger partial charge in [-0.3, -0.25) is 9.59 Å². The van der Waals surface area contributed by atoms with Gasteiger partial charge < -0.3 is 19.5 Å². The Bertz CT molecular complexity index is 1100. The Kier molecular flexibility index (Phi) is 7.42. The van der Waals surface area contributed by atoms with Crippen molar-refractivity contribution >= 4 is 45.0 Å². The lowest BCUT2D eigenvalue weighted by atomic mass is 10.0. The molecule has 10 heteroatoms. The molecule has 0 bridgehead atoms. The van der Waals surface area contributed by atoms with Crippen molar-refractivity contribution in [2.24, 2.45) is 0 Å². The van der Waals surface area contributed by atoms with E-state index >= 15 is 0 Å². The molecule has 1 aromatic carbocycles. The molecular weight excluding hydrogens is 442 g/mol. The average molecular weight is 464 g/mol. The van der Waals surface area contributed by atoms with E-state index in [0.29, 0.717) is 37.4 Å². The molecule has 0 saturated heterocycles. The number of rotatable bonds is 8. The summed E-state index contributed by atoms with van der Waals surface area (Å²) in [6, 6.07) is 6.35. The molecule has 3 rings (SSSR count). The number of nitrogens with zero attached hydrogens (tertiary/aromatic N) is 2. The van der Waals surface area contributed by atoms with Gasteiger partial charge in [0.25, 0.3) is 5.91 Å². The number of aryl methyl sites for hydroxylation is 1. The lowest BCUT2D eigenvalue weighted by molar-refractivity contribution is -0.141. The number of amides is 1. The molecular formula is C21H22ClN3O5S. The summed E-state index contributed by atoms with van der Waals surface area (Å²) in [6.07, 6.45) is -0.0189. The summed E-state index contributed by atoms with van der Waals surface area (Å²) in [5.41, 5.74) is 1.44. The Morgan fingerprint density at radius 1 is 1.16 bits per heavy atom. The number of nitrogens with one attached hydrogen (secondary N) is 1. The zero-order chi connectivity index (χ0) is 22.5. The van der Waals surface area contributed by atoms with E-state index in [1.54, 1.807) is 31.4 Å². The Hall–Kier alpha value is -2.75. The van der Waals surface area contributed by atoms with Gasteiger partial charge in [-0.25, -0.2) is 4.98 Å². The largest absolute Gasteiger partial charge is 0.480 e. The third kappa shape index (κ3) is 5.12. The molecule has 1 N–H and O–H groups in total. The normalized spacial score (nSPS) is 11.9. The molecule has 0 saturated carbocycles. The van der Waals surface area contributed by atoms with Gasteiger partial charge >= 0.3 is 5.97 Å². The first kappa shape index (κ1) is 22.9. The van der Waals surface area contributed by atoms with Crippen molar-refractivity contribution in [2.45, 2.75) is 26.0 Å². The van der Waals surface area contributed by atoms with Gasteiger partial charge in [0, 0.05) is 12.1 Å². The highest BCUT2D eigenvalue weighted by Gasteiger charge is 2.25. The van der Waals surface area contributed by atoms with E-state index in [4.69, 9.17) is 25.8 Å². The van der Waals surface area contributed by atoms with Crippen molar-refractivity contribution in [3.8, 4) is 5.88 Å². The highest BCUT2D eigenvalue weighted by Crippen LogP contribution is 2.35. The number of carbonyl (C=O) groups is 2. The van der Waals surface area contributed by atoms with Crippen LogP contribution >= 0.6 is 22.9 Å². The average Bonchev–Trinajstić information content (AvgIpc) is 3.10. The zero-order valence-corrected chi connectivity index (χ0v) is 19.1. The number of aromatic nitrogens is 2. The fourth-order valence-electron chi connectivity index (χ4n) is 3.12. The molecule has 0 spiro atoms. The molecule has 0 radical (unpaired) electrons. The molecule has 1 amide bonds. The van der Waals surface area contributed by atoms with E-state index in [1.165, 1.54) is 25.6 Å². The monoisotopic (exact) mass is 463 g/mol. The van der Waals surface area contributed by atoms with Crippen LogP contribution in [-0.2, 0) is 20.9 Å². The number of ether oxygens (including phenoxy) is 3. The summed E-state index contributed by atoms with van der Waals surface area (Å²) in [4.78, 5) is 35.0. The maximum absolute atomic E-state index is 13.2. The molecule has 164 valence electrons. The standard InChI is InChI=1S/C21H22ClN3O5S/c1-11-17-20(30-4)24-15(10-28-2)25-21(17)31-18(11)19(27)23-14(9-16(26)29-3)12-5-7-13(22)8-6-12/h5-8,14H,9-10H2,1-4H3,(H,23,27). The lowest BCUT2D eigenvalue weighted by Crippen LogP contribution is -2.30. The fourth-order valence-corrected chi connectivity index (χ4v) is 4.34. The Balaban J connectivity index is 1.96. The maximum Gasteiger partial charge on any atom is 0.307 e. The van der Waals surface area contributed by atoms with Crippen LogP contribution in [0.4, 0.5) is 0 Å². The molecule has 31 heavy (non-hydrogen) atoms. The lowest BCUT2D eigenvalue weighted by Gasteiger charge is -2.18. The molecule has 3 aromatic rings. The maximum atomic E-state index is 13.2. The number of benzene rings is 1. The van der Waals surface area contributed by atoms with E-state index in [2.05, 4.69) is 15.3 Å². The quantitative estimate of drug-likeness (QED) is 0.506. The minimum atomic E-state index is -0.584. The van der Waals surface area contributed by atoms with Gasteiger partial charge in [-0.05, 0) is 30.2 Å².